The molecule has 0 radical (unpaired) electrons. The summed E-state index contributed by atoms with van der Waals surface area (Å²) in [6.45, 7) is 7.04. The Kier molecular flexibility index (Phi) is 14.0. The molecule has 0 saturated heterocycles. The molecule has 0 heterocycles. The van der Waals surface area contributed by atoms with Crippen LogP contribution >= 0.6 is 0 Å². The summed E-state index contributed by atoms with van der Waals surface area (Å²) >= 11 is 0. The van der Waals surface area contributed by atoms with Crippen molar-refractivity contribution in [2.45, 2.75) is 65.3 Å². The van der Waals surface area contributed by atoms with E-state index in [4.69, 9.17) is 9.47 Å². The molecule has 0 unspecified atom stereocenters. The zero-order valence-corrected chi connectivity index (χ0v) is 24.8. The third-order valence-electron chi connectivity index (χ3n) is 6.25. The zero-order valence-electron chi connectivity index (χ0n) is 24.8. The molecule has 11 heteroatoms. The van der Waals surface area contributed by atoms with Crippen molar-refractivity contribution in [1.29, 1.82) is 0 Å². The van der Waals surface area contributed by atoms with Crippen LogP contribution in [0.2, 0.25) is 0 Å². The number of hydrogen-bond donors (Lipinski definition) is 4. The highest BCUT2D eigenvalue weighted by Crippen LogP contribution is 2.09. The minimum Gasteiger partial charge on any atom is -0.467 e. The summed E-state index contributed by atoms with van der Waals surface area (Å²) in [6, 6.07) is 14.9. The number of ether oxygens (including phenoxy) is 2. The molecule has 42 heavy (non-hydrogen) atoms. The summed E-state index contributed by atoms with van der Waals surface area (Å²) in [6.07, 6.45) is -0.370. The van der Waals surface area contributed by atoms with Crippen molar-refractivity contribution in [1.82, 2.24) is 21.3 Å². The third kappa shape index (κ3) is 12.0. The largest absolute Gasteiger partial charge is 0.467 e. The van der Waals surface area contributed by atoms with Gasteiger partial charge in [0.2, 0.25) is 17.7 Å². The van der Waals surface area contributed by atoms with Gasteiger partial charge in [-0.15, -0.1) is 0 Å². The van der Waals surface area contributed by atoms with E-state index in [9.17, 15) is 24.0 Å². The minimum absolute atomic E-state index is 0.0317. The lowest BCUT2D eigenvalue weighted by Gasteiger charge is -2.26. The van der Waals surface area contributed by atoms with Gasteiger partial charge in [-0.3, -0.25) is 14.4 Å². The van der Waals surface area contributed by atoms with Crippen molar-refractivity contribution in [3.8, 4) is 0 Å². The Morgan fingerprint density at radius 3 is 1.79 bits per heavy atom. The molecule has 0 aromatic heterocycles. The van der Waals surface area contributed by atoms with Crippen LogP contribution in [0.5, 0.6) is 0 Å². The van der Waals surface area contributed by atoms with Gasteiger partial charge in [0.1, 0.15) is 24.7 Å². The first kappa shape index (κ1) is 33.8. The monoisotopic (exact) mass is 582 g/mol. The predicted octanol–water partition coefficient (Wildman–Crippen LogP) is 2.49. The minimum atomic E-state index is -1.18. The molecule has 4 N–H and O–H groups in total. The number of alkyl carbamates (subject to hydrolysis) is 1. The Morgan fingerprint density at radius 1 is 0.690 bits per heavy atom. The molecular weight excluding hydrogens is 540 g/mol. The molecule has 0 fully saturated rings. The quantitative estimate of drug-likeness (QED) is 0.236. The second kappa shape index (κ2) is 17.4. The maximum Gasteiger partial charge on any atom is 0.408 e. The highest BCUT2D eigenvalue weighted by atomic mass is 16.5. The van der Waals surface area contributed by atoms with Crippen molar-refractivity contribution >= 4 is 29.8 Å². The Morgan fingerprint density at radius 2 is 1.24 bits per heavy atom. The van der Waals surface area contributed by atoms with E-state index in [1.807, 2.05) is 50.2 Å². The van der Waals surface area contributed by atoms with Crippen LogP contribution < -0.4 is 21.3 Å². The van der Waals surface area contributed by atoms with Gasteiger partial charge in [0.05, 0.1) is 7.11 Å². The summed E-state index contributed by atoms with van der Waals surface area (Å²) in [5, 5.41) is 10.6. The number of methoxy groups -OCH3 is 1. The molecular formula is C31H42N4O7. The molecule has 0 bridgehead atoms. The number of esters is 1. The van der Waals surface area contributed by atoms with Crippen LogP contribution in [-0.2, 0) is 41.7 Å². The maximum absolute atomic E-state index is 13.5. The Hall–Kier alpha value is -4.41. The highest BCUT2D eigenvalue weighted by molar-refractivity contribution is 5.93. The Balaban J connectivity index is 2.19. The van der Waals surface area contributed by atoms with E-state index in [2.05, 4.69) is 21.3 Å². The number of nitrogens with one attached hydrogen (secondary N) is 4. The van der Waals surface area contributed by atoms with Crippen molar-refractivity contribution < 1.29 is 33.4 Å². The lowest BCUT2D eigenvalue weighted by Crippen LogP contribution is -2.58. The van der Waals surface area contributed by atoms with E-state index in [0.29, 0.717) is 0 Å². The molecule has 0 aliphatic rings. The molecule has 0 aliphatic carbocycles. The number of benzene rings is 2. The van der Waals surface area contributed by atoms with E-state index in [1.165, 1.54) is 7.11 Å². The van der Waals surface area contributed by atoms with Gasteiger partial charge in [-0.05, 0) is 23.5 Å². The fourth-order valence-electron chi connectivity index (χ4n) is 3.96. The average molecular weight is 583 g/mol. The van der Waals surface area contributed by atoms with E-state index in [0.717, 1.165) is 11.1 Å². The summed E-state index contributed by atoms with van der Waals surface area (Å²) in [4.78, 5) is 64.0. The van der Waals surface area contributed by atoms with Crippen molar-refractivity contribution in [3.63, 3.8) is 0 Å². The van der Waals surface area contributed by atoms with E-state index in [-0.39, 0.29) is 43.7 Å². The molecule has 4 amide bonds. The van der Waals surface area contributed by atoms with E-state index >= 15 is 0 Å². The van der Waals surface area contributed by atoms with E-state index < -0.39 is 42.0 Å². The number of amides is 4. The zero-order chi connectivity index (χ0) is 31.1. The van der Waals surface area contributed by atoms with Crippen LogP contribution in [0.4, 0.5) is 4.79 Å². The topological polar surface area (TPSA) is 152 Å². The first-order chi connectivity index (χ1) is 20.0. The molecule has 2 rings (SSSR count). The standard InChI is InChI=1S/C31H42N4O7/c1-20(2)16-24(35-31(40)42-19-23-14-10-7-11-15-23)28(37)33-25(17-22-12-8-6-9-13-22)29(38)34-26(30(39)41-5)18-32-27(36)21(3)4/h6-15,20-21,24-26H,16-19H2,1-5H3,(H,32,36)(H,33,37)(H,34,38)(H,35,40)/t24-,25-,26-/m0/s1. The molecule has 228 valence electrons. The van der Waals surface area contributed by atoms with Crippen molar-refractivity contribution in [3.05, 3.63) is 71.8 Å². The van der Waals surface area contributed by atoms with E-state index in [1.54, 1.807) is 38.1 Å². The van der Waals surface area contributed by atoms with Crippen LogP contribution in [0, 0.1) is 11.8 Å². The summed E-state index contributed by atoms with van der Waals surface area (Å²) in [5.41, 5.74) is 1.55. The van der Waals surface area contributed by atoms with Gasteiger partial charge >= 0.3 is 12.1 Å². The fraction of sp³-hybridized carbons (Fsp3) is 0.452. The lowest BCUT2D eigenvalue weighted by molar-refractivity contribution is -0.145. The number of hydrogen-bond acceptors (Lipinski definition) is 7. The number of carbonyl (C=O) groups excluding carboxylic acids is 5. The second-order valence-corrected chi connectivity index (χ2v) is 10.6. The second-order valence-electron chi connectivity index (χ2n) is 10.6. The average Bonchev–Trinajstić information content (AvgIpc) is 2.97. The highest BCUT2D eigenvalue weighted by Gasteiger charge is 2.31. The van der Waals surface area contributed by atoms with Crippen LogP contribution in [0.15, 0.2) is 60.7 Å². The lowest BCUT2D eigenvalue weighted by atomic mass is 10.0. The van der Waals surface area contributed by atoms with Gasteiger partial charge in [-0.1, -0.05) is 88.4 Å². The van der Waals surface area contributed by atoms with Gasteiger partial charge in [-0.25, -0.2) is 9.59 Å². The summed E-state index contributed by atoms with van der Waals surface area (Å²) in [7, 11) is 1.17. The van der Waals surface area contributed by atoms with Crippen LogP contribution in [0.1, 0.15) is 45.2 Å². The molecule has 2 aromatic carbocycles. The van der Waals surface area contributed by atoms with Crippen molar-refractivity contribution in [2.75, 3.05) is 13.7 Å². The first-order valence-electron chi connectivity index (χ1n) is 14.0. The molecule has 0 aliphatic heterocycles. The number of rotatable bonds is 15. The van der Waals surface area contributed by atoms with Gasteiger partial charge in [0, 0.05) is 18.9 Å². The first-order valence-corrected chi connectivity index (χ1v) is 14.0. The Bertz CT molecular complexity index is 1170. The molecule has 2 aromatic rings. The smallest absolute Gasteiger partial charge is 0.408 e. The molecule has 11 nitrogen and oxygen atoms in total. The van der Waals surface area contributed by atoms with Gasteiger partial charge in [-0.2, -0.15) is 0 Å². The SMILES string of the molecule is COC(=O)[C@H](CNC(=O)C(C)C)NC(=O)[C@H](Cc1ccccc1)NC(=O)[C@H](CC(C)C)NC(=O)OCc1ccccc1. The number of carbonyl (C=O) groups is 5. The maximum atomic E-state index is 13.5. The third-order valence-corrected chi connectivity index (χ3v) is 6.25. The normalized spacial score (nSPS) is 12.9. The van der Waals surface area contributed by atoms with Crippen LogP contribution in [0.25, 0.3) is 0 Å². The molecule has 0 spiro atoms. The summed E-state index contributed by atoms with van der Waals surface area (Å²) < 4.78 is 10.1. The fourth-order valence-corrected chi connectivity index (χ4v) is 3.96. The van der Waals surface area contributed by atoms with Crippen LogP contribution in [0.3, 0.4) is 0 Å². The Labute approximate surface area is 247 Å². The molecule has 0 saturated carbocycles. The molecule has 3 atom stereocenters. The van der Waals surface area contributed by atoms with Gasteiger partial charge in [0.25, 0.3) is 0 Å². The summed E-state index contributed by atoms with van der Waals surface area (Å²) in [5.74, 6) is -2.58. The predicted molar refractivity (Wildman–Crippen MR) is 157 cm³/mol. The van der Waals surface area contributed by atoms with Crippen molar-refractivity contribution in [2.24, 2.45) is 11.8 Å². The van der Waals surface area contributed by atoms with Crippen LogP contribution in [-0.4, -0.2) is 61.6 Å². The van der Waals surface area contributed by atoms with Gasteiger partial charge < -0.3 is 30.7 Å². The van der Waals surface area contributed by atoms with Gasteiger partial charge in [0.15, 0.2) is 0 Å².